The summed E-state index contributed by atoms with van der Waals surface area (Å²) in [5.74, 6) is 0. The van der Waals surface area contributed by atoms with Crippen molar-refractivity contribution in [1.29, 1.82) is 0 Å². The van der Waals surface area contributed by atoms with Crippen LogP contribution in [0.2, 0.25) is 0 Å². The molecule has 3 nitrogen and oxygen atoms in total. The largest absolute Gasteiger partial charge is 0.379 e. The normalized spacial score (nSPS) is 24.4. The Kier molecular flexibility index (Phi) is 3.45. The Labute approximate surface area is 104 Å². The molecule has 0 aromatic carbocycles. The van der Waals surface area contributed by atoms with Crippen LogP contribution >= 0.6 is 0 Å². The second kappa shape index (κ2) is 4.71. The molecule has 1 aliphatic carbocycles. The molecular weight excluding hydrogens is 210 g/mol. The van der Waals surface area contributed by atoms with E-state index in [0.29, 0.717) is 11.5 Å². The standard InChI is InChI=1S/C14H25N3/c1-10-13(11(2)17-16-10)15-12-6-5-8-14(3,4)9-7-12/h12,15H,5-9H2,1-4H3,(H,16,17). The number of hydrogen-bond donors (Lipinski definition) is 2. The van der Waals surface area contributed by atoms with Gasteiger partial charge < -0.3 is 5.32 Å². The molecule has 0 radical (unpaired) electrons. The van der Waals surface area contributed by atoms with Crippen LogP contribution in [0.4, 0.5) is 5.69 Å². The van der Waals surface area contributed by atoms with Crippen molar-refractivity contribution in [3.8, 4) is 0 Å². The number of aromatic nitrogens is 2. The third kappa shape index (κ3) is 3.02. The average molecular weight is 235 g/mol. The first-order valence-corrected chi connectivity index (χ1v) is 6.76. The fraction of sp³-hybridized carbons (Fsp3) is 0.786. The zero-order valence-electron chi connectivity index (χ0n) is 11.6. The summed E-state index contributed by atoms with van der Waals surface area (Å²) in [6.45, 7) is 8.93. The van der Waals surface area contributed by atoms with Crippen molar-refractivity contribution in [3.05, 3.63) is 11.4 Å². The molecule has 17 heavy (non-hydrogen) atoms. The van der Waals surface area contributed by atoms with Gasteiger partial charge in [-0.05, 0) is 44.9 Å². The van der Waals surface area contributed by atoms with Gasteiger partial charge in [0.25, 0.3) is 0 Å². The number of aryl methyl sites for hydroxylation is 2. The predicted octanol–water partition coefficient (Wildman–Crippen LogP) is 3.80. The summed E-state index contributed by atoms with van der Waals surface area (Å²) in [5.41, 5.74) is 3.99. The first-order valence-electron chi connectivity index (χ1n) is 6.76. The number of rotatable bonds is 2. The van der Waals surface area contributed by atoms with Gasteiger partial charge in [0.2, 0.25) is 0 Å². The Bertz CT molecular complexity index is 359. The molecule has 1 saturated carbocycles. The van der Waals surface area contributed by atoms with Crippen LogP contribution in [0.25, 0.3) is 0 Å². The van der Waals surface area contributed by atoms with Crippen LogP contribution in [0, 0.1) is 19.3 Å². The smallest absolute Gasteiger partial charge is 0.0825 e. The summed E-state index contributed by atoms with van der Waals surface area (Å²) in [6.07, 6.45) is 6.57. The van der Waals surface area contributed by atoms with Crippen LogP contribution < -0.4 is 5.32 Å². The van der Waals surface area contributed by atoms with Gasteiger partial charge in [0, 0.05) is 6.04 Å². The van der Waals surface area contributed by atoms with Gasteiger partial charge in [0.05, 0.1) is 17.1 Å². The predicted molar refractivity (Wildman–Crippen MR) is 72.3 cm³/mol. The molecule has 0 aliphatic heterocycles. The molecule has 96 valence electrons. The van der Waals surface area contributed by atoms with Crippen LogP contribution in [0.15, 0.2) is 0 Å². The molecule has 1 unspecified atom stereocenters. The second-order valence-corrected chi connectivity index (χ2v) is 6.25. The number of anilines is 1. The molecule has 1 fully saturated rings. The highest BCUT2D eigenvalue weighted by Crippen LogP contribution is 2.35. The topological polar surface area (TPSA) is 40.7 Å². The molecule has 0 saturated heterocycles. The summed E-state index contributed by atoms with van der Waals surface area (Å²) in [6, 6.07) is 0.617. The zero-order chi connectivity index (χ0) is 12.5. The number of H-pyrrole nitrogens is 1. The highest BCUT2D eigenvalue weighted by molar-refractivity contribution is 5.52. The summed E-state index contributed by atoms with van der Waals surface area (Å²) in [4.78, 5) is 0. The molecule has 1 aromatic heterocycles. The highest BCUT2D eigenvalue weighted by Gasteiger charge is 2.24. The van der Waals surface area contributed by atoms with E-state index in [1.54, 1.807) is 0 Å². The monoisotopic (exact) mass is 235 g/mol. The lowest BCUT2D eigenvalue weighted by Crippen LogP contribution is -2.19. The average Bonchev–Trinajstić information content (AvgIpc) is 2.48. The van der Waals surface area contributed by atoms with E-state index in [-0.39, 0.29) is 0 Å². The van der Waals surface area contributed by atoms with Crippen LogP contribution in [-0.4, -0.2) is 16.2 Å². The molecule has 1 aliphatic rings. The molecule has 0 bridgehead atoms. The van der Waals surface area contributed by atoms with Crippen molar-refractivity contribution >= 4 is 5.69 Å². The molecule has 2 rings (SSSR count). The minimum absolute atomic E-state index is 0.525. The molecule has 1 atom stereocenters. The van der Waals surface area contributed by atoms with E-state index in [0.717, 1.165) is 11.4 Å². The maximum absolute atomic E-state index is 4.25. The maximum Gasteiger partial charge on any atom is 0.0825 e. The van der Waals surface area contributed by atoms with Crippen molar-refractivity contribution in [1.82, 2.24) is 10.2 Å². The summed E-state index contributed by atoms with van der Waals surface area (Å²) >= 11 is 0. The Morgan fingerprint density at radius 3 is 2.65 bits per heavy atom. The molecular formula is C14H25N3. The van der Waals surface area contributed by atoms with Crippen molar-refractivity contribution in [3.63, 3.8) is 0 Å². The van der Waals surface area contributed by atoms with Gasteiger partial charge in [0.15, 0.2) is 0 Å². The molecule has 1 aromatic rings. The van der Waals surface area contributed by atoms with E-state index in [1.807, 2.05) is 0 Å². The maximum atomic E-state index is 4.25. The Hall–Kier alpha value is -0.990. The second-order valence-electron chi connectivity index (χ2n) is 6.25. The third-order valence-electron chi connectivity index (χ3n) is 4.05. The van der Waals surface area contributed by atoms with Gasteiger partial charge in [-0.15, -0.1) is 0 Å². The van der Waals surface area contributed by atoms with Crippen molar-refractivity contribution in [2.75, 3.05) is 5.32 Å². The minimum Gasteiger partial charge on any atom is -0.379 e. The molecule has 2 N–H and O–H groups in total. The number of hydrogen-bond acceptors (Lipinski definition) is 2. The molecule has 0 spiro atoms. The van der Waals surface area contributed by atoms with E-state index in [2.05, 4.69) is 43.2 Å². The van der Waals surface area contributed by atoms with Crippen molar-refractivity contribution < 1.29 is 0 Å². The lowest BCUT2D eigenvalue weighted by molar-refractivity contribution is 0.313. The van der Waals surface area contributed by atoms with E-state index in [9.17, 15) is 0 Å². The lowest BCUT2D eigenvalue weighted by Gasteiger charge is -2.22. The number of aromatic amines is 1. The van der Waals surface area contributed by atoms with Gasteiger partial charge in [-0.25, -0.2) is 0 Å². The fourth-order valence-corrected chi connectivity index (χ4v) is 2.77. The Balaban J connectivity index is 2.00. The fourth-order valence-electron chi connectivity index (χ4n) is 2.77. The quantitative estimate of drug-likeness (QED) is 0.766. The van der Waals surface area contributed by atoms with Gasteiger partial charge in [-0.3, -0.25) is 5.10 Å². The summed E-state index contributed by atoms with van der Waals surface area (Å²) in [7, 11) is 0. The van der Waals surface area contributed by atoms with E-state index in [1.165, 1.54) is 37.8 Å². The summed E-state index contributed by atoms with van der Waals surface area (Å²) < 4.78 is 0. The molecule has 0 amide bonds. The van der Waals surface area contributed by atoms with Crippen LogP contribution in [0.1, 0.15) is 57.3 Å². The van der Waals surface area contributed by atoms with Gasteiger partial charge >= 0.3 is 0 Å². The first kappa shape index (κ1) is 12.5. The number of nitrogens with zero attached hydrogens (tertiary/aromatic N) is 1. The lowest BCUT2D eigenvalue weighted by atomic mass is 9.85. The van der Waals surface area contributed by atoms with Crippen LogP contribution in [-0.2, 0) is 0 Å². The van der Waals surface area contributed by atoms with Crippen molar-refractivity contribution in [2.24, 2.45) is 5.41 Å². The van der Waals surface area contributed by atoms with E-state index in [4.69, 9.17) is 0 Å². The van der Waals surface area contributed by atoms with Crippen LogP contribution in [0.3, 0.4) is 0 Å². The minimum atomic E-state index is 0.525. The zero-order valence-corrected chi connectivity index (χ0v) is 11.6. The van der Waals surface area contributed by atoms with E-state index >= 15 is 0 Å². The Morgan fingerprint density at radius 1 is 1.24 bits per heavy atom. The van der Waals surface area contributed by atoms with Gasteiger partial charge in [0.1, 0.15) is 0 Å². The van der Waals surface area contributed by atoms with Gasteiger partial charge in [-0.2, -0.15) is 5.10 Å². The number of nitrogens with one attached hydrogen (secondary N) is 2. The molecule has 1 heterocycles. The Morgan fingerprint density at radius 2 is 2.00 bits per heavy atom. The highest BCUT2D eigenvalue weighted by atomic mass is 15.2. The van der Waals surface area contributed by atoms with Crippen molar-refractivity contribution in [2.45, 2.75) is 65.8 Å². The third-order valence-corrected chi connectivity index (χ3v) is 4.05. The summed E-state index contributed by atoms with van der Waals surface area (Å²) in [5, 5.41) is 11.0. The van der Waals surface area contributed by atoms with E-state index < -0.39 is 0 Å². The van der Waals surface area contributed by atoms with Crippen LogP contribution in [0.5, 0.6) is 0 Å². The van der Waals surface area contributed by atoms with Gasteiger partial charge in [-0.1, -0.05) is 20.3 Å². The molecule has 3 heteroatoms. The SMILES string of the molecule is Cc1n[nH]c(C)c1NC1CCCC(C)(C)CC1. The first-order chi connectivity index (χ1) is 7.98.